The molecule has 0 unspecified atom stereocenters. The van der Waals surface area contributed by atoms with E-state index in [-0.39, 0.29) is 24.3 Å². The molecule has 0 saturated carbocycles. The molecule has 0 bridgehead atoms. The number of nitrogens with one attached hydrogen (secondary N) is 2. The Labute approximate surface area is 122 Å². The van der Waals surface area contributed by atoms with Crippen LogP contribution in [0.4, 0.5) is 0 Å². The van der Waals surface area contributed by atoms with Crippen molar-refractivity contribution >= 4 is 11.8 Å². The van der Waals surface area contributed by atoms with E-state index in [0.717, 1.165) is 26.1 Å². The van der Waals surface area contributed by atoms with Crippen LogP contribution in [0, 0.1) is 5.92 Å². The van der Waals surface area contributed by atoms with E-state index in [4.69, 9.17) is 5.73 Å². The molecule has 0 rings (SSSR count). The summed E-state index contributed by atoms with van der Waals surface area (Å²) < 4.78 is 0. The van der Waals surface area contributed by atoms with Gasteiger partial charge in [0.15, 0.2) is 0 Å². The van der Waals surface area contributed by atoms with E-state index in [2.05, 4.69) is 29.4 Å². The Kier molecular flexibility index (Phi) is 10.0. The molecule has 118 valence electrons. The zero-order chi connectivity index (χ0) is 15.5. The molecule has 4 N–H and O–H groups in total. The van der Waals surface area contributed by atoms with Crippen molar-refractivity contribution in [2.75, 3.05) is 32.7 Å². The standard InChI is InChI=1S/C14H30N4O2/c1-5-8-18(6-2)9-7-16-12(19)10-17-14(20)13(15)11(3)4/h11,13H,5-10,15H2,1-4H3,(H,16,19)(H,17,20)/t13-/m0/s1. The molecule has 0 aliphatic rings. The summed E-state index contributed by atoms with van der Waals surface area (Å²) in [6.45, 7) is 11.4. The number of carbonyl (C=O) groups is 2. The highest BCUT2D eigenvalue weighted by molar-refractivity contribution is 5.87. The Hall–Kier alpha value is -1.14. The molecule has 0 aromatic rings. The van der Waals surface area contributed by atoms with Crippen LogP contribution in [0.3, 0.4) is 0 Å². The lowest BCUT2D eigenvalue weighted by Crippen LogP contribution is -2.47. The molecule has 2 amide bonds. The Bertz CT molecular complexity index is 295. The van der Waals surface area contributed by atoms with E-state index in [1.54, 1.807) is 0 Å². The minimum absolute atomic E-state index is 0.0147. The van der Waals surface area contributed by atoms with Gasteiger partial charge in [-0.05, 0) is 25.4 Å². The number of nitrogens with two attached hydrogens (primary N) is 1. The monoisotopic (exact) mass is 286 g/mol. The summed E-state index contributed by atoms with van der Waals surface area (Å²) in [6, 6.07) is -0.567. The molecule has 1 atom stereocenters. The van der Waals surface area contributed by atoms with Crippen molar-refractivity contribution in [3.8, 4) is 0 Å². The lowest BCUT2D eigenvalue weighted by atomic mass is 10.1. The number of nitrogens with zero attached hydrogens (tertiary/aromatic N) is 1. The van der Waals surface area contributed by atoms with Gasteiger partial charge < -0.3 is 21.3 Å². The van der Waals surface area contributed by atoms with Crippen molar-refractivity contribution in [1.82, 2.24) is 15.5 Å². The topological polar surface area (TPSA) is 87.5 Å². The van der Waals surface area contributed by atoms with Crippen molar-refractivity contribution in [2.45, 2.75) is 40.2 Å². The fraction of sp³-hybridized carbons (Fsp3) is 0.857. The molecule has 0 aromatic heterocycles. The predicted octanol–water partition coefficient (Wildman–Crippen LogP) is -0.0660. The average molecular weight is 286 g/mol. The van der Waals surface area contributed by atoms with E-state index in [9.17, 15) is 9.59 Å². The first kappa shape index (κ1) is 18.9. The molecular weight excluding hydrogens is 256 g/mol. The van der Waals surface area contributed by atoms with Gasteiger partial charge in [-0.2, -0.15) is 0 Å². The zero-order valence-corrected chi connectivity index (χ0v) is 13.2. The zero-order valence-electron chi connectivity index (χ0n) is 13.2. The highest BCUT2D eigenvalue weighted by Crippen LogP contribution is 1.97. The quantitative estimate of drug-likeness (QED) is 0.525. The van der Waals surface area contributed by atoms with E-state index in [1.807, 2.05) is 13.8 Å². The van der Waals surface area contributed by atoms with Crippen molar-refractivity contribution in [1.29, 1.82) is 0 Å². The second-order valence-corrected chi connectivity index (χ2v) is 5.27. The van der Waals surface area contributed by atoms with Crippen LogP contribution in [0.15, 0.2) is 0 Å². The minimum atomic E-state index is -0.567. The molecule has 6 nitrogen and oxygen atoms in total. The van der Waals surface area contributed by atoms with E-state index >= 15 is 0 Å². The van der Waals surface area contributed by atoms with Crippen LogP contribution in [-0.4, -0.2) is 55.5 Å². The fourth-order valence-electron chi connectivity index (χ4n) is 1.75. The second-order valence-electron chi connectivity index (χ2n) is 5.27. The summed E-state index contributed by atoms with van der Waals surface area (Å²) in [5.74, 6) is -0.400. The van der Waals surface area contributed by atoms with Gasteiger partial charge in [0.1, 0.15) is 0 Å². The molecule has 0 aliphatic heterocycles. The van der Waals surface area contributed by atoms with Crippen LogP contribution >= 0.6 is 0 Å². The number of carbonyl (C=O) groups excluding carboxylic acids is 2. The van der Waals surface area contributed by atoms with Crippen LogP contribution < -0.4 is 16.4 Å². The van der Waals surface area contributed by atoms with Gasteiger partial charge in [-0.3, -0.25) is 9.59 Å². The summed E-state index contributed by atoms with van der Waals surface area (Å²) in [7, 11) is 0. The molecule has 0 fully saturated rings. The van der Waals surface area contributed by atoms with Crippen LogP contribution in [-0.2, 0) is 9.59 Å². The number of hydrogen-bond donors (Lipinski definition) is 3. The molecule has 0 aromatic carbocycles. The summed E-state index contributed by atoms with van der Waals surface area (Å²) >= 11 is 0. The van der Waals surface area contributed by atoms with Gasteiger partial charge in [-0.25, -0.2) is 0 Å². The smallest absolute Gasteiger partial charge is 0.239 e. The second kappa shape index (κ2) is 10.6. The molecule has 0 saturated heterocycles. The van der Waals surface area contributed by atoms with Crippen molar-refractivity contribution < 1.29 is 9.59 Å². The first-order valence-corrected chi connectivity index (χ1v) is 7.44. The third-order valence-corrected chi connectivity index (χ3v) is 3.18. The highest BCUT2D eigenvalue weighted by atomic mass is 16.2. The largest absolute Gasteiger partial charge is 0.353 e. The van der Waals surface area contributed by atoms with Crippen molar-refractivity contribution in [3.63, 3.8) is 0 Å². The summed E-state index contributed by atoms with van der Waals surface area (Å²) in [5, 5.41) is 5.34. The molecule has 0 aliphatic carbocycles. The molecular formula is C14H30N4O2. The van der Waals surface area contributed by atoms with Crippen LogP contribution in [0.25, 0.3) is 0 Å². The van der Waals surface area contributed by atoms with Gasteiger partial charge in [-0.15, -0.1) is 0 Å². The van der Waals surface area contributed by atoms with Gasteiger partial charge in [0.05, 0.1) is 12.6 Å². The Morgan fingerprint density at radius 2 is 1.80 bits per heavy atom. The maximum atomic E-state index is 11.6. The van der Waals surface area contributed by atoms with E-state index in [1.165, 1.54) is 0 Å². The molecule has 6 heteroatoms. The Morgan fingerprint density at radius 1 is 1.15 bits per heavy atom. The van der Waals surface area contributed by atoms with Crippen molar-refractivity contribution in [2.24, 2.45) is 11.7 Å². The van der Waals surface area contributed by atoms with Gasteiger partial charge in [-0.1, -0.05) is 27.7 Å². The maximum absolute atomic E-state index is 11.6. The molecule has 20 heavy (non-hydrogen) atoms. The highest BCUT2D eigenvalue weighted by Gasteiger charge is 2.17. The number of rotatable bonds is 10. The molecule has 0 radical (unpaired) electrons. The van der Waals surface area contributed by atoms with Gasteiger partial charge in [0, 0.05) is 13.1 Å². The molecule has 0 heterocycles. The predicted molar refractivity (Wildman–Crippen MR) is 81.2 cm³/mol. The van der Waals surface area contributed by atoms with Crippen molar-refractivity contribution in [3.05, 3.63) is 0 Å². The van der Waals surface area contributed by atoms with Crippen LogP contribution in [0.5, 0.6) is 0 Å². The van der Waals surface area contributed by atoms with E-state index in [0.29, 0.717) is 6.54 Å². The van der Waals surface area contributed by atoms with Crippen LogP contribution in [0.1, 0.15) is 34.1 Å². The van der Waals surface area contributed by atoms with Crippen LogP contribution in [0.2, 0.25) is 0 Å². The fourth-order valence-corrected chi connectivity index (χ4v) is 1.75. The first-order valence-electron chi connectivity index (χ1n) is 7.44. The summed E-state index contributed by atoms with van der Waals surface area (Å²) in [5.41, 5.74) is 5.69. The first-order chi connectivity index (χ1) is 9.42. The van der Waals surface area contributed by atoms with Gasteiger partial charge >= 0.3 is 0 Å². The summed E-state index contributed by atoms with van der Waals surface area (Å²) in [4.78, 5) is 25.4. The Morgan fingerprint density at radius 3 is 2.30 bits per heavy atom. The average Bonchev–Trinajstić information content (AvgIpc) is 2.42. The van der Waals surface area contributed by atoms with E-state index < -0.39 is 6.04 Å². The number of likely N-dealkylation sites (N-methyl/N-ethyl adjacent to an activating group) is 1. The summed E-state index contributed by atoms with van der Waals surface area (Å²) in [6.07, 6.45) is 1.10. The third-order valence-electron chi connectivity index (χ3n) is 3.18. The van der Waals surface area contributed by atoms with Gasteiger partial charge in [0.2, 0.25) is 11.8 Å². The number of amides is 2. The van der Waals surface area contributed by atoms with Gasteiger partial charge in [0.25, 0.3) is 0 Å². The lowest BCUT2D eigenvalue weighted by molar-refractivity contribution is -0.127. The normalized spacial score (nSPS) is 12.6. The molecule has 0 spiro atoms. The number of hydrogen-bond acceptors (Lipinski definition) is 4. The SMILES string of the molecule is CCCN(CC)CCNC(=O)CNC(=O)[C@@H](N)C(C)C. The maximum Gasteiger partial charge on any atom is 0.239 e. The minimum Gasteiger partial charge on any atom is -0.353 e. The Balaban J connectivity index is 3.81. The third kappa shape index (κ3) is 8.12. The lowest BCUT2D eigenvalue weighted by Gasteiger charge is -2.19.